The molecule has 0 saturated carbocycles. The lowest BCUT2D eigenvalue weighted by atomic mass is 9.89. The number of phenols is 1. The largest absolute Gasteiger partial charge is 0.504 e. The summed E-state index contributed by atoms with van der Waals surface area (Å²) >= 11 is 0. The van der Waals surface area contributed by atoms with Crippen molar-refractivity contribution in [2.45, 2.75) is 6.23 Å². The van der Waals surface area contributed by atoms with Gasteiger partial charge in [-0.05, 0) is 35.2 Å². The summed E-state index contributed by atoms with van der Waals surface area (Å²) in [5, 5.41) is 22.8. The Kier molecular flexibility index (Phi) is 4.00. The SMILES string of the molecule is COc1cc2c3c(ccc2cc1O)-c1cc(OC)c(OC)cc1C(O)N3C. The number of fused-ring (bicyclic) bond motifs is 5. The molecule has 1 unspecified atom stereocenters. The van der Waals surface area contributed by atoms with Gasteiger partial charge in [0.15, 0.2) is 29.2 Å². The van der Waals surface area contributed by atoms with Gasteiger partial charge in [-0.25, -0.2) is 0 Å². The number of anilines is 1. The minimum atomic E-state index is -0.849. The number of rotatable bonds is 3. The maximum Gasteiger partial charge on any atom is 0.161 e. The van der Waals surface area contributed by atoms with E-state index in [1.54, 1.807) is 32.4 Å². The topological polar surface area (TPSA) is 71.4 Å². The summed E-state index contributed by atoms with van der Waals surface area (Å²) in [6.07, 6.45) is -0.849. The van der Waals surface area contributed by atoms with Crippen LogP contribution in [0.2, 0.25) is 0 Å². The molecule has 2 N–H and O–H groups in total. The van der Waals surface area contributed by atoms with Crippen LogP contribution < -0.4 is 19.1 Å². The Morgan fingerprint density at radius 2 is 1.52 bits per heavy atom. The lowest BCUT2D eigenvalue weighted by Crippen LogP contribution is -2.28. The zero-order valence-corrected chi connectivity index (χ0v) is 15.6. The van der Waals surface area contributed by atoms with Crippen LogP contribution in [0.25, 0.3) is 21.9 Å². The van der Waals surface area contributed by atoms with Gasteiger partial charge in [0, 0.05) is 23.6 Å². The maximum atomic E-state index is 10.9. The van der Waals surface area contributed by atoms with E-state index < -0.39 is 6.23 Å². The Hall–Kier alpha value is -3.12. The second-order valence-electron chi connectivity index (χ2n) is 6.49. The van der Waals surface area contributed by atoms with Crippen LogP contribution in [0.5, 0.6) is 23.0 Å². The smallest absolute Gasteiger partial charge is 0.161 e. The molecule has 0 fully saturated rings. The molecule has 0 radical (unpaired) electrons. The summed E-state index contributed by atoms with van der Waals surface area (Å²) in [7, 11) is 6.51. The first-order valence-electron chi connectivity index (χ1n) is 8.51. The molecule has 0 aliphatic carbocycles. The molecule has 0 amide bonds. The van der Waals surface area contributed by atoms with E-state index in [9.17, 15) is 10.2 Å². The highest BCUT2D eigenvalue weighted by Gasteiger charge is 2.30. The van der Waals surface area contributed by atoms with Crippen LogP contribution in [0.15, 0.2) is 36.4 Å². The number of aromatic hydroxyl groups is 1. The van der Waals surface area contributed by atoms with Gasteiger partial charge >= 0.3 is 0 Å². The van der Waals surface area contributed by atoms with E-state index in [4.69, 9.17) is 14.2 Å². The molecule has 3 aromatic rings. The third-order valence-corrected chi connectivity index (χ3v) is 5.13. The van der Waals surface area contributed by atoms with Crippen LogP contribution >= 0.6 is 0 Å². The average molecular weight is 367 g/mol. The van der Waals surface area contributed by atoms with Gasteiger partial charge in [0.25, 0.3) is 0 Å². The molecule has 140 valence electrons. The monoisotopic (exact) mass is 367 g/mol. The van der Waals surface area contributed by atoms with Crippen molar-refractivity contribution in [2.24, 2.45) is 0 Å². The summed E-state index contributed by atoms with van der Waals surface area (Å²) in [4.78, 5) is 1.81. The van der Waals surface area contributed by atoms with Crippen molar-refractivity contribution >= 4 is 16.5 Å². The molecule has 3 aromatic carbocycles. The van der Waals surface area contributed by atoms with E-state index in [-0.39, 0.29) is 5.75 Å². The van der Waals surface area contributed by atoms with Crippen molar-refractivity contribution in [3.63, 3.8) is 0 Å². The summed E-state index contributed by atoms with van der Waals surface area (Å²) in [5.41, 5.74) is 3.44. The number of methoxy groups -OCH3 is 3. The molecule has 0 spiro atoms. The predicted octanol–water partition coefficient (Wildman–Crippen LogP) is 3.68. The van der Waals surface area contributed by atoms with Crippen molar-refractivity contribution in [3.05, 3.63) is 42.0 Å². The van der Waals surface area contributed by atoms with E-state index in [1.165, 1.54) is 7.11 Å². The molecule has 1 aliphatic rings. The third-order valence-electron chi connectivity index (χ3n) is 5.13. The highest BCUT2D eigenvalue weighted by molar-refractivity contribution is 6.05. The zero-order valence-electron chi connectivity index (χ0n) is 15.6. The van der Waals surface area contributed by atoms with Crippen LogP contribution in [0.1, 0.15) is 11.8 Å². The molecule has 1 heterocycles. The van der Waals surface area contributed by atoms with Gasteiger partial charge in [0.05, 0.1) is 27.0 Å². The quantitative estimate of drug-likeness (QED) is 0.736. The van der Waals surface area contributed by atoms with Crippen LogP contribution in [0.3, 0.4) is 0 Å². The molecule has 6 heteroatoms. The van der Waals surface area contributed by atoms with E-state index in [2.05, 4.69) is 0 Å². The lowest BCUT2D eigenvalue weighted by molar-refractivity contribution is 0.177. The minimum Gasteiger partial charge on any atom is -0.504 e. The Morgan fingerprint density at radius 1 is 0.852 bits per heavy atom. The summed E-state index contributed by atoms with van der Waals surface area (Å²) < 4.78 is 16.1. The van der Waals surface area contributed by atoms with Crippen LogP contribution in [0, 0.1) is 0 Å². The summed E-state index contributed by atoms with van der Waals surface area (Å²) in [6.45, 7) is 0. The number of nitrogens with zero attached hydrogens (tertiary/aromatic N) is 1. The van der Waals surface area contributed by atoms with Gasteiger partial charge in [-0.2, -0.15) is 0 Å². The Bertz CT molecular complexity index is 1050. The second kappa shape index (κ2) is 6.25. The Labute approximate surface area is 157 Å². The standard InChI is InChI=1S/C21H21NO5/c1-22-20-12(6-5-11-7-16(23)17(25-2)8-13(11)20)14-9-18(26-3)19(27-4)10-15(14)21(22)24/h5-10,21,23-24H,1-4H3. The van der Waals surface area contributed by atoms with Gasteiger partial charge in [-0.1, -0.05) is 12.1 Å². The number of phenolic OH excluding ortho intramolecular Hbond substituents is 1. The molecule has 1 aliphatic heterocycles. The molecule has 27 heavy (non-hydrogen) atoms. The van der Waals surface area contributed by atoms with E-state index >= 15 is 0 Å². The van der Waals surface area contributed by atoms with E-state index in [0.717, 1.165) is 33.2 Å². The summed E-state index contributed by atoms with van der Waals surface area (Å²) in [6, 6.07) is 11.1. The van der Waals surface area contributed by atoms with E-state index in [1.807, 2.05) is 30.1 Å². The first-order valence-corrected chi connectivity index (χ1v) is 8.51. The fourth-order valence-corrected chi connectivity index (χ4v) is 3.76. The Balaban J connectivity index is 2.06. The fraction of sp³-hybridized carbons (Fsp3) is 0.238. The number of aliphatic hydroxyl groups is 1. The fourth-order valence-electron chi connectivity index (χ4n) is 3.76. The lowest BCUT2D eigenvalue weighted by Gasteiger charge is -2.36. The third kappa shape index (κ3) is 2.44. The number of hydrogen-bond donors (Lipinski definition) is 2. The molecular weight excluding hydrogens is 346 g/mol. The minimum absolute atomic E-state index is 0.0794. The zero-order chi connectivity index (χ0) is 19.3. The second-order valence-corrected chi connectivity index (χ2v) is 6.49. The number of hydrogen-bond acceptors (Lipinski definition) is 6. The maximum absolute atomic E-state index is 10.9. The number of aliphatic hydroxyl groups excluding tert-OH is 1. The molecule has 0 saturated heterocycles. The Morgan fingerprint density at radius 3 is 2.19 bits per heavy atom. The highest BCUT2D eigenvalue weighted by Crippen LogP contribution is 2.50. The van der Waals surface area contributed by atoms with Gasteiger partial charge < -0.3 is 29.3 Å². The normalized spacial score (nSPS) is 15.3. The molecular formula is C21H21NO5. The van der Waals surface area contributed by atoms with Crippen molar-refractivity contribution < 1.29 is 24.4 Å². The van der Waals surface area contributed by atoms with Gasteiger partial charge in [-0.15, -0.1) is 0 Å². The van der Waals surface area contributed by atoms with Gasteiger partial charge in [0.2, 0.25) is 0 Å². The first-order chi connectivity index (χ1) is 13.0. The van der Waals surface area contributed by atoms with Gasteiger partial charge in [0.1, 0.15) is 0 Å². The summed E-state index contributed by atoms with van der Waals surface area (Å²) in [5.74, 6) is 1.63. The predicted molar refractivity (Wildman–Crippen MR) is 104 cm³/mol. The van der Waals surface area contributed by atoms with E-state index in [0.29, 0.717) is 17.2 Å². The van der Waals surface area contributed by atoms with Crippen molar-refractivity contribution in [1.29, 1.82) is 0 Å². The van der Waals surface area contributed by atoms with Crippen LogP contribution in [-0.2, 0) is 0 Å². The van der Waals surface area contributed by atoms with Crippen molar-refractivity contribution in [3.8, 4) is 34.1 Å². The highest BCUT2D eigenvalue weighted by atomic mass is 16.5. The van der Waals surface area contributed by atoms with Crippen LogP contribution in [-0.4, -0.2) is 38.6 Å². The number of ether oxygens (including phenoxy) is 3. The number of benzene rings is 3. The molecule has 0 bridgehead atoms. The molecule has 6 nitrogen and oxygen atoms in total. The van der Waals surface area contributed by atoms with Crippen LogP contribution in [0.4, 0.5) is 5.69 Å². The van der Waals surface area contributed by atoms with Crippen molar-refractivity contribution in [1.82, 2.24) is 0 Å². The first kappa shape index (κ1) is 17.3. The molecule has 4 rings (SSSR count). The average Bonchev–Trinajstić information content (AvgIpc) is 2.69. The molecule has 1 atom stereocenters. The van der Waals surface area contributed by atoms with Crippen molar-refractivity contribution in [2.75, 3.05) is 33.3 Å². The van der Waals surface area contributed by atoms with Gasteiger partial charge in [-0.3, -0.25) is 0 Å². The molecule has 0 aromatic heterocycles.